The molecule has 2 aromatic heterocycles. The third-order valence-corrected chi connectivity index (χ3v) is 5.19. The highest BCUT2D eigenvalue weighted by Gasteiger charge is 2.16. The van der Waals surface area contributed by atoms with Gasteiger partial charge in [-0.25, -0.2) is 0 Å². The summed E-state index contributed by atoms with van der Waals surface area (Å²) >= 11 is 0. The summed E-state index contributed by atoms with van der Waals surface area (Å²) in [5.74, 6) is 0.205. The lowest BCUT2D eigenvalue weighted by Crippen LogP contribution is -2.35. The Hall–Kier alpha value is -2.40. The minimum atomic E-state index is -0.153. The Morgan fingerprint density at radius 3 is 2.73 bits per heavy atom. The lowest BCUT2D eigenvalue weighted by atomic mass is 10.1. The molecule has 0 aliphatic carbocycles. The predicted octanol–water partition coefficient (Wildman–Crippen LogP) is 3.90. The number of aromatic nitrogens is 1. The first-order chi connectivity index (χ1) is 12.7. The van der Waals surface area contributed by atoms with Gasteiger partial charge in [0, 0.05) is 29.6 Å². The van der Waals surface area contributed by atoms with Crippen LogP contribution in [0.3, 0.4) is 0 Å². The van der Waals surface area contributed by atoms with Crippen LogP contribution in [0.2, 0.25) is 0 Å². The van der Waals surface area contributed by atoms with Crippen LogP contribution in [-0.4, -0.2) is 42.0 Å². The molecule has 0 saturated carbocycles. The number of furan rings is 1. The SMILES string of the molecule is Cc1nc2ccccc2c2oc(C(=O)NCCN3CCCCCC3)cc12. The van der Waals surface area contributed by atoms with Gasteiger partial charge in [-0.2, -0.15) is 0 Å². The van der Waals surface area contributed by atoms with Crippen molar-refractivity contribution in [3.8, 4) is 0 Å². The van der Waals surface area contributed by atoms with Crippen LogP contribution in [0.25, 0.3) is 21.9 Å². The first-order valence-electron chi connectivity index (χ1n) is 9.52. The third kappa shape index (κ3) is 3.44. The zero-order valence-electron chi connectivity index (χ0n) is 15.3. The Labute approximate surface area is 153 Å². The van der Waals surface area contributed by atoms with Crippen LogP contribution in [0.5, 0.6) is 0 Å². The summed E-state index contributed by atoms with van der Waals surface area (Å²) < 4.78 is 5.92. The van der Waals surface area contributed by atoms with Crippen molar-refractivity contribution < 1.29 is 9.21 Å². The molecule has 1 aromatic carbocycles. The fraction of sp³-hybridized carbons (Fsp3) is 0.429. The van der Waals surface area contributed by atoms with E-state index in [9.17, 15) is 4.79 Å². The van der Waals surface area contributed by atoms with Gasteiger partial charge in [0.2, 0.25) is 0 Å². The monoisotopic (exact) mass is 351 g/mol. The average Bonchev–Trinajstić information content (AvgIpc) is 2.95. The topological polar surface area (TPSA) is 58.4 Å². The fourth-order valence-corrected chi connectivity index (χ4v) is 3.75. The van der Waals surface area contributed by atoms with Crippen molar-refractivity contribution in [3.05, 3.63) is 41.8 Å². The summed E-state index contributed by atoms with van der Waals surface area (Å²) in [5.41, 5.74) is 2.51. The number of amides is 1. The van der Waals surface area contributed by atoms with Crippen molar-refractivity contribution in [1.29, 1.82) is 0 Å². The Balaban J connectivity index is 1.48. The minimum Gasteiger partial charge on any atom is -0.450 e. The number of nitrogens with zero attached hydrogens (tertiary/aromatic N) is 2. The molecule has 4 rings (SSSR count). The van der Waals surface area contributed by atoms with Gasteiger partial charge in [0.05, 0.1) is 5.52 Å². The van der Waals surface area contributed by atoms with E-state index < -0.39 is 0 Å². The van der Waals surface area contributed by atoms with Crippen molar-refractivity contribution in [3.63, 3.8) is 0 Å². The van der Waals surface area contributed by atoms with E-state index in [0.29, 0.717) is 12.3 Å². The van der Waals surface area contributed by atoms with Crippen LogP contribution in [0.15, 0.2) is 34.7 Å². The van der Waals surface area contributed by atoms with Crippen LogP contribution in [-0.2, 0) is 0 Å². The van der Waals surface area contributed by atoms with Gasteiger partial charge in [0.1, 0.15) is 5.58 Å². The highest BCUT2D eigenvalue weighted by molar-refractivity contribution is 6.06. The third-order valence-electron chi connectivity index (χ3n) is 5.19. The Morgan fingerprint density at radius 1 is 1.15 bits per heavy atom. The maximum atomic E-state index is 12.5. The molecule has 1 amide bonds. The standard InChI is InChI=1S/C21H25N3O2/c1-15-17-14-19(26-20(17)16-8-4-5-9-18(16)23-15)21(25)22-10-13-24-11-6-2-3-7-12-24/h4-5,8-9,14H,2-3,6-7,10-13H2,1H3,(H,22,25). The molecule has 1 N–H and O–H groups in total. The first kappa shape index (κ1) is 17.0. The van der Waals surface area contributed by atoms with Gasteiger partial charge in [0.25, 0.3) is 5.91 Å². The summed E-state index contributed by atoms with van der Waals surface area (Å²) in [6, 6.07) is 9.67. The van der Waals surface area contributed by atoms with E-state index in [-0.39, 0.29) is 5.91 Å². The van der Waals surface area contributed by atoms with Crippen LogP contribution < -0.4 is 5.32 Å². The number of aryl methyl sites for hydroxylation is 1. The number of hydrogen-bond acceptors (Lipinski definition) is 4. The van der Waals surface area contributed by atoms with E-state index in [1.165, 1.54) is 25.7 Å². The van der Waals surface area contributed by atoms with E-state index in [1.807, 2.05) is 37.3 Å². The Morgan fingerprint density at radius 2 is 1.92 bits per heavy atom. The number of hydrogen-bond donors (Lipinski definition) is 1. The van der Waals surface area contributed by atoms with E-state index in [1.54, 1.807) is 0 Å². The van der Waals surface area contributed by atoms with Crippen molar-refractivity contribution >= 4 is 27.8 Å². The predicted molar refractivity (Wildman–Crippen MR) is 103 cm³/mol. The van der Waals surface area contributed by atoms with Crippen molar-refractivity contribution in [2.45, 2.75) is 32.6 Å². The molecule has 0 atom stereocenters. The molecule has 26 heavy (non-hydrogen) atoms. The van der Waals surface area contributed by atoms with Crippen LogP contribution in [0, 0.1) is 6.92 Å². The number of carbonyl (C=O) groups is 1. The number of carbonyl (C=O) groups excluding carboxylic acids is 1. The summed E-state index contributed by atoms with van der Waals surface area (Å²) in [4.78, 5) is 19.6. The second-order valence-electron chi connectivity index (χ2n) is 7.08. The highest BCUT2D eigenvalue weighted by Crippen LogP contribution is 2.29. The summed E-state index contributed by atoms with van der Waals surface area (Å²) in [5, 5.41) is 4.85. The summed E-state index contributed by atoms with van der Waals surface area (Å²) in [6.45, 7) is 5.77. The molecule has 0 spiro atoms. The molecule has 0 radical (unpaired) electrons. The van der Waals surface area contributed by atoms with Gasteiger partial charge in [-0.1, -0.05) is 25.0 Å². The molecule has 3 heterocycles. The number of likely N-dealkylation sites (tertiary alicyclic amines) is 1. The molecule has 5 nitrogen and oxygen atoms in total. The molecular weight excluding hydrogens is 326 g/mol. The fourth-order valence-electron chi connectivity index (χ4n) is 3.75. The van der Waals surface area contributed by atoms with Gasteiger partial charge < -0.3 is 14.6 Å². The molecule has 3 aromatic rings. The van der Waals surface area contributed by atoms with E-state index in [2.05, 4.69) is 15.2 Å². The van der Waals surface area contributed by atoms with Gasteiger partial charge in [-0.15, -0.1) is 0 Å². The molecule has 0 bridgehead atoms. The van der Waals surface area contributed by atoms with Crippen LogP contribution >= 0.6 is 0 Å². The minimum absolute atomic E-state index is 0.153. The maximum Gasteiger partial charge on any atom is 0.287 e. The maximum absolute atomic E-state index is 12.5. The zero-order chi connectivity index (χ0) is 17.9. The van der Waals surface area contributed by atoms with Gasteiger partial charge in [-0.05, 0) is 51.1 Å². The molecule has 1 fully saturated rings. The van der Waals surface area contributed by atoms with Gasteiger partial charge in [-0.3, -0.25) is 9.78 Å². The van der Waals surface area contributed by atoms with Crippen molar-refractivity contribution in [2.75, 3.05) is 26.2 Å². The quantitative estimate of drug-likeness (QED) is 0.775. The number of pyridine rings is 1. The second-order valence-corrected chi connectivity index (χ2v) is 7.08. The summed E-state index contributed by atoms with van der Waals surface area (Å²) in [6.07, 6.45) is 5.17. The largest absolute Gasteiger partial charge is 0.450 e. The number of para-hydroxylation sites is 1. The molecular formula is C21H25N3O2. The summed E-state index contributed by atoms with van der Waals surface area (Å²) in [7, 11) is 0. The van der Waals surface area contributed by atoms with Gasteiger partial charge in [0.15, 0.2) is 5.76 Å². The number of rotatable bonds is 4. The molecule has 136 valence electrons. The highest BCUT2D eigenvalue weighted by atomic mass is 16.3. The van der Waals surface area contributed by atoms with E-state index in [0.717, 1.165) is 47.2 Å². The molecule has 1 aliphatic rings. The Kier molecular flexibility index (Phi) is 4.89. The number of benzene rings is 1. The number of nitrogens with one attached hydrogen (secondary N) is 1. The van der Waals surface area contributed by atoms with Gasteiger partial charge >= 0.3 is 0 Å². The number of fused-ring (bicyclic) bond motifs is 3. The molecule has 1 aliphatic heterocycles. The zero-order valence-corrected chi connectivity index (χ0v) is 15.3. The van der Waals surface area contributed by atoms with E-state index >= 15 is 0 Å². The van der Waals surface area contributed by atoms with Crippen molar-refractivity contribution in [2.24, 2.45) is 0 Å². The molecule has 1 saturated heterocycles. The normalized spacial score (nSPS) is 16.0. The van der Waals surface area contributed by atoms with Crippen LogP contribution in [0.1, 0.15) is 41.9 Å². The average molecular weight is 351 g/mol. The Bertz CT molecular complexity index is 924. The van der Waals surface area contributed by atoms with E-state index in [4.69, 9.17) is 4.42 Å². The smallest absolute Gasteiger partial charge is 0.287 e. The molecule has 0 unspecified atom stereocenters. The second kappa shape index (κ2) is 7.46. The lowest BCUT2D eigenvalue weighted by Gasteiger charge is -2.19. The molecule has 5 heteroatoms. The van der Waals surface area contributed by atoms with Crippen molar-refractivity contribution in [1.82, 2.24) is 15.2 Å². The lowest BCUT2D eigenvalue weighted by molar-refractivity contribution is 0.0923. The first-order valence-corrected chi connectivity index (χ1v) is 9.52. The van der Waals surface area contributed by atoms with Crippen LogP contribution in [0.4, 0.5) is 0 Å².